The Balaban J connectivity index is 4.93. The average Bonchev–Trinajstić information content (AvgIpc) is 2.17. The van der Waals surface area contributed by atoms with Crippen LogP contribution >= 0.6 is 0 Å². The molecule has 0 radical (unpaired) electrons. The van der Waals surface area contributed by atoms with E-state index in [4.69, 9.17) is 4.74 Å². The summed E-state index contributed by atoms with van der Waals surface area (Å²) in [5.74, 6) is 0.268. The van der Waals surface area contributed by atoms with Crippen LogP contribution in [-0.2, 0) is 4.74 Å². The number of hydrogen-bond donors (Lipinski definition) is 0. The molecule has 0 aromatic rings. The van der Waals surface area contributed by atoms with Gasteiger partial charge < -0.3 is 4.74 Å². The van der Waals surface area contributed by atoms with Gasteiger partial charge >= 0.3 is 0 Å². The molecule has 1 atom stereocenters. The summed E-state index contributed by atoms with van der Waals surface area (Å²) in [5.41, 5.74) is 0.203. The molecule has 1 nitrogen and oxygen atoms in total. The Morgan fingerprint density at radius 3 is 2.41 bits per heavy atom. The molecule has 0 saturated carbocycles. The highest BCUT2D eigenvalue weighted by Crippen LogP contribution is 2.24. The van der Waals surface area contributed by atoms with Gasteiger partial charge in [0.2, 0.25) is 0 Å². The maximum absolute atomic E-state index is 12.9. The van der Waals surface area contributed by atoms with Crippen molar-refractivity contribution in [3.05, 3.63) is 35.6 Å². The largest absolute Gasteiger partial charge is 0.495 e. The second-order valence-electron chi connectivity index (χ2n) is 4.01. The van der Waals surface area contributed by atoms with Crippen LogP contribution in [0.4, 0.5) is 8.78 Å². The Hall–Kier alpha value is -1.12. The van der Waals surface area contributed by atoms with Crippen LogP contribution in [0.5, 0.6) is 0 Å². The molecule has 0 saturated heterocycles. The lowest BCUT2D eigenvalue weighted by Crippen LogP contribution is -2.11. The topological polar surface area (TPSA) is 9.23 Å². The number of rotatable bonds is 7. The predicted octanol–water partition coefficient (Wildman–Crippen LogP) is 4.86. The van der Waals surface area contributed by atoms with Gasteiger partial charge in [-0.2, -0.15) is 0 Å². The average molecular weight is 244 g/mol. The second kappa shape index (κ2) is 8.04. The zero-order valence-electron chi connectivity index (χ0n) is 11.1. The second-order valence-corrected chi connectivity index (χ2v) is 4.01. The van der Waals surface area contributed by atoms with Crippen molar-refractivity contribution < 1.29 is 13.5 Å². The van der Waals surface area contributed by atoms with E-state index in [9.17, 15) is 8.78 Å². The van der Waals surface area contributed by atoms with Crippen LogP contribution in [0.2, 0.25) is 0 Å². The van der Waals surface area contributed by atoms with E-state index in [-0.39, 0.29) is 17.4 Å². The molecule has 0 aromatic carbocycles. The molecule has 0 aliphatic carbocycles. The fourth-order valence-electron chi connectivity index (χ4n) is 1.64. The van der Waals surface area contributed by atoms with E-state index in [0.717, 1.165) is 12.8 Å². The quantitative estimate of drug-likeness (QED) is 0.459. The summed E-state index contributed by atoms with van der Waals surface area (Å²) in [6.07, 6.45) is 2.46. The van der Waals surface area contributed by atoms with E-state index < -0.39 is 6.43 Å². The fourth-order valence-corrected chi connectivity index (χ4v) is 1.64. The van der Waals surface area contributed by atoms with E-state index in [0.29, 0.717) is 5.57 Å². The molecule has 0 rings (SSSR count). The number of halogens is 2. The summed E-state index contributed by atoms with van der Waals surface area (Å²) >= 11 is 0. The molecule has 0 aliphatic rings. The van der Waals surface area contributed by atoms with Crippen molar-refractivity contribution in [1.29, 1.82) is 0 Å². The van der Waals surface area contributed by atoms with Crippen molar-refractivity contribution in [1.82, 2.24) is 0 Å². The maximum atomic E-state index is 12.9. The van der Waals surface area contributed by atoms with Crippen LogP contribution in [0.3, 0.4) is 0 Å². The minimum absolute atomic E-state index is 0.0489. The molecule has 0 N–H and O–H groups in total. The summed E-state index contributed by atoms with van der Waals surface area (Å²) in [4.78, 5) is 0. The predicted molar refractivity (Wildman–Crippen MR) is 68.1 cm³/mol. The van der Waals surface area contributed by atoms with E-state index in [2.05, 4.69) is 6.58 Å². The third-order valence-electron chi connectivity index (χ3n) is 2.38. The first-order chi connectivity index (χ1) is 7.93. The van der Waals surface area contributed by atoms with Gasteiger partial charge in [0.15, 0.2) is 0 Å². The third kappa shape index (κ3) is 5.66. The van der Waals surface area contributed by atoms with Crippen LogP contribution in [0.25, 0.3) is 0 Å². The summed E-state index contributed by atoms with van der Waals surface area (Å²) in [6.45, 7) is 10.9. The molecular formula is C14H22F2O. The Morgan fingerprint density at radius 2 is 2.00 bits per heavy atom. The number of alkyl halides is 2. The van der Waals surface area contributed by atoms with E-state index in [1.807, 2.05) is 13.8 Å². The standard InChI is InChI=1S/C14H22F2O/c1-6-8-10(3)13(14(15)16)12(5)17-11(4)9-7-2/h6,8,11,14H,3,7,9H2,1-2,4-5H3. The van der Waals surface area contributed by atoms with Crippen LogP contribution in [0.15, 0.2) is 35.6 Å². The first-order valence-electron chi connectivity index (χ1n) is 5.91. The first kappa shape index (κ1) is 15.9. The normalized spacial score (nSPS) is 15.0. The maximum Gasteiger partial charge on any atom is 0.267 e. The third-order valence-corrected chi connectivity index (χ3v) is 2.38. The molecular weight excluding hydrogens is 222 g/mol. The summed E-state index contributed by atoms with van der Waals surface area (Å²) in [5, 5.41) is 0. The van der Waals surface area contributed by atoms with Gasteiger partial charge in [-0.25, -0.2) is 8.78 Å². The number of allylic oxidation sites excluding steroid dienone is 5. The van der Waals surface area contributed by atoms with Crippen LogP contribution in [0, 0.1) is 0 Å². The van der Waals surface area contributed by atoms with Crippen molar-refractivity contribution >= 4 is 0 Å². The van der Waals surface area contributed by atoms with Crippen molar-refractivity contribution in [2.45, 2.75) is 53.1 Å². The highest BCUT2D eigenvalue weighted by Gasteiger charge is 2.18. The monoisotopic (exact) mass is 244 g/mol. The van der Waals surface area contributed by atoms with Crippen LogP contribution < -0.4 is 0 Å². The molecule has 0 amide bonds. The molecule has 17 heavy (non-hydrogen) atoms. The van der Waals surface area contributed by atoms with Crippen LogP contribution in [-0.4, -0.2) is 12.5 Å². The Labute approximate surface area is 103 Å². The van der Waals surface area contributed by atoms with Gasteiger partial charge in [-0.3, -0.25) is 0 Å². The highest BCUT2D eigenvalue weighted by molar-refractivity contribution is 5.40. The molecule has 1 unspecified atom stereocenters. The van der Waals surface area contributed by atoms with Crippen molar-refractivity contribution in [2.24, 2.45) is 0 Å². The van der Waals surface area contributed by atoms with Gasteiger partial charge in [-0.1, -0.05) is 32.1 Å². The lowest BCUT2D eigenvalue weighted by Gasteiger charge is -2.18. The van der Waals surface area contributed by atoms with E-state index in [1.54, 1.807) is 26.0 Å². The smallest absolute Gasteiger partial charge is 0.267 e. The zero-order chi connectivity index (χ0) is 13.4. The number of ether oxygens (including phenoxy) is 1. The lowest BCUT2D eigenvalue weighted by molar-refractivity contribution is 0.110. The minimum atomic E-state index is -2.56. The molecule has 0 aliphatic heterocycles. The molecule has 3 heteroatoms. The van der Waals surface area contributed by atoms with E-state index in [1.165, 1.54) is 0 Å². The summed E-state index contributed by atoms with van der Waals surface area (Å²) < 4.78 is 31.3. The molecule has 0 heterocycles. The van der Waals surface area contributed by atoms with Gasteiger partial charge in [0, 0.05) is 0 Å². The van der Waals surface area contributed by atoms with Crippen molar-refractivity contribution in [3.8, 4) is 0 Å². The van der Waals surface area contributed by atoms with Gasteiger partial charge in [-0.05, 0) is 32.8 Å². The molecule has 0 fully saturated rings. The van der Waals surface area contributed by atoms with Gasteiger partial charge in [-0.15, -0.1) is 0 Å². The molecule has 0 aromatic heterocycles. The van der Waals surface area contributed by atoms with E-state index >= 15 is 0 Å². The SMILES string of the molecule is C=C(C=CC)C(=C(C)OC(C)CCC)C(F)F. The zero-order valence-corrected chi connectivity index (χ0v) is 11.1. The van der Waals surface area contributed by atoms with Crippen molar-refractivity contribution in [2.75, 3.05) is 0 Å². The van der Waals surface area contributed by atoms with Gasteiger partial charge in [0.25, 0.3) is 6.43 Å². The molecule has 98 valence electrons. The lowest BCUT2D eigenvalue weighted by atomic mass is 10.1. The first-order valence-corrected chi connectivity index (χ1v) is 5.91. The fraction of sp³-hybridized carbons (Fsp3) is 0.571. The van der Waals surface area contributed by atoms with Gasteiger partial charge in [0.05, 0.1) is 11.7 Å². The van der Waals surface area contributed by atoms with Crippen molar-refractivity contribution in [3.63, 3.8) is 0 Å². The number of hydrogen-bond acceptors (Lipinski definition) is 1. The summed E-state index contributed by atoms with van der Waals surface area (Å²) in [7, 11) is 0. The van der Waals surface area contributed by atoms with Crippen LogP contribution in [0.1, 0.15) is 40.5 Å². The highest BCUT2D eigenvalue weighted by atomic mass is 19.3. The van der Waals surface area contributed by atoms with Gasteiger partial charge in [0.1, 0.15) is 5.76 Å². The Kier molecular flexibility index (Phi) is 7.51. The molecule has 0 bridgehead atoms. The molecule has 0 spiro atoms. The summed E-state index contributed by atoms with van der Waals surface area (Å²) in [6, 6.07) is 0. The Morgan fingerprint density at radius 1 is 1.41 bits per heavy atom. The Bertz CT molecular complexity index is 303. The minimum Gasteiger partial charge on any atom is -0.495 e.